The van der Waals surface area contributed by atoms with Crippen molar-refractivity contribution in [2.75, 3.05) is 18.1 Å². The van der Waals surface area contributed by atoms with E-state index in [1.807, 2.05) is 12.2 Å². The van der Waals surface area contributed by atoms with Crippen LogP contribution in [0.15, 0.2) is 52.7 Å². The topological polar surface area (TPSA) is 117 Å². The fourth-order valence-electron chi connectivity index (χ4n) is 2.89. The Hall–Kier alpha value is -3.20. The van der Waals surface area contributed by atoms with E-state index in [4.69, 9.17) is 4.74 Å². The maximum absolute atomic E-state index is 12.3. The van der Waals surface area contributed by atoms with Crippen molar-refractivity contribution >= 4 is 27.3 Å². The highest BCUT2D eigenvalue weighted by atomic mass is 32.2. The lowest BCUT2D eigenvalue weighted by atomic mass is 9.93. The fourth-order valence-corrected chi connectivity index (χ4v) is 3.47. The van der Waals surface area contributed by atoms with Gasteiger partial charge in [0.05, 0.1) is 19.1 Å². The van der Waals surface area contributed by atoms with Gasteiger partial charge in [0.25, 0.3) is 5.91 Å². The number of sulfonamides is 1. The second kappa shape index (κ2) is 7.81. The zero-order valence-electron chi connectivity index (χ0n) is 15.3. The van der Waals surface area contributed by atoms with E-state index in [2.05, 4.69) is 15.0 Å². The molecular weight excluding hydrogens is 382 g/mol. The summed E-state index contributed by atoms with van der Waals surface area (Å²) in [6.45, 7) is 0. The highest BCUT2D eigenvalue weighted by Gasteiger charge is 2.20. The Morgan fingerprint density at radius 1 is 1.18 bits per heavy atom. The predicted molar refractivity (Wildman–Crippen MR) is 105 cm³/mol. The van der Waals surface area contributed by atoms with Crippen LogP contribution in [0, 0.1) is 0 Å². The van der Waals surface area contributed by atoms with Gasteiger partial charge in [-0.2, -0.15) is 0 Å². The van der Waals surface area contributed by atoms with Gasteiger partial charge >= 0.3 is 0 Å². The van der Waals surface area contributed by atoms with Crippen LogP contribution in [0.25, 0.3) is 0 Å². The number of anilines is 1. The number of allylic oxidation sites excluding steroid dienone is 2. The number of phenols is 1. The quantitative estimate of drug-likeness (QED) is 0.453. The summed E-state index contributed by atoms with van der Waals surface area (Å²) in [6, 6.07) is 7.81. The van der Waals surface area contributed by atoms with Gasteiger partial charge in [-0.3, -0.25) is 9.52 Å². The Bertz CT molecular complexity index is 1090. The molecule has 0 aromatic heterocycles. The Morgan fingerprint density at radius 3 is 2.57 bits per heavy atom. The number of amides is 1. The van der Waals surface area contributed by atoms with E-state index in [1.54, 1.807) is 18.2 Å². The molecule has 0 aliphatic heterocycles. The SMILES string of the molecule is COc1cccc(C(=O)N=Nc2cc(NS(C)(=O)=O)c3c(c2O)CC=CC3)c1. The summed E-state index contributed by atoms with van der Waals surface area (Å²) in [5, 5.41) is 18.1. The molecule has 0 saturated carbocycles. The minimum Gasteiger partial charge on any atom is -0.505 e. The molecule has 1 aliphatic carbocycles. The van der Waals surface area contributed by atoms with Crippen LogP contribution in [0.4, 0.5) is 11.4 Å². The first-order valence-electron chi connectivity index (χ1n) is 8.39. The summed E-state index contributed by atoms with van der Waals surface area (Å²) in [7, 11) is -2.04. The molecule has 2 aromatic carbocycles. The number of aromatic hydroxyl groups is 1. The number of phenolic OH excluding ortho intramolecular Hbond substituents is 1. The zero-order chi connectivity index (χ0) is 20.3. The minimum atomic E-state index is -3.53. The Kier molecular flexibility index (Phi) is 5.46. The molecule has 28 heavy (non-hydrogen) atoms. The number of benzene rings is 2. The molecule has 9 heteroatoms. The van der Waals surface area contributed by atoms with Crippen LogP contribution >= 0.6 is 0 Å². The summed E-state index contributed by atoms with van der Waals surface area (Å²) < 4.78 is 30.9. The second-order valence-corrected chi connectivity index (χ2v) is 7.99. The number of ether oxygens (including phenoxy) is 1. The Morgan fingerprint density at radius 2 is 1.89 bits per heavy atom. The average molecular weight is 401 g/mol. The maximum Gasteiger partial charge on any atom is 0.295 e. The Labute approximate surface area is 162 Å². The van der Waals surface area contributed by atoms with Gasteiger partial charge in [0.2, 0.25) is 10.0 Å². The monoisotopic (exact) mass is 401 g/mol. The van der Waals surface area contributed by atoms with Crippen LogP contribution in [0.3, 0.4) is 0 Å². The van der Waals surface area contributed by atoms with Gasteiger partial charge in [0, 0.05) is 11.1 Å². The van der Waals surface area contributed by atoms with E-state index in [0.29, 0.717) is 35.4 Å². The van der Waals surface area contributed by atoms with Crippen LogP contribution in [-0.4, -0.2) is 32.8 Å². The lowest BCUT2D eigenvalue weighted by Gasteiger charge is -2.19. The van der Waals surface area contributed by atoms with E-state index in [-0.39, 0.29) is 17.0 Å². The van der Waals surface area contributed by atoms with E-state index >= 15 is 0 Å². The highest BCUT2D eigenvalue weighted by Crippen LogP contribution is 2.40. The molecule has 1 amide bonds. The van der Waals surface area contributed by atoms with Crippen LogP contribution in [-0.2, 0) is 22.9 Å². The van der Waals surface area contributed by atoms with E-state index in [1.165, 1.54) is 19.2 Å². The van der Waals surface area contributed by atoms with Gasteiger partial charge in [0.1, 0.15) is 17.2 Å². The summed E-state index contributed by atoms with van der Waals surface area (Å²) in [5.74, 6) is -0.238. The van der Waals surface area contributed by atoms with Gasteiger partial charge < -0.3 is 9.84 Å². The molecule has 2 aromatic rings. The average Bonchev–Trinajstić information content (AvgIpc) is 2.68. The van der Waals surface area contributed by atoms with Gasteiger partial charge in [-0.1, -0.05) is 18.2 Å². The molecule has 0 bridgehead atoms. The molecular formula is C19H19N3O5S. The highest BCUT2D eigenvalue weighted by molar-refractivity contribution is 7.92. The molecule has 0 radical (unpaired) electrons. The molecule has 146 valence electrons. The predicted octanol–water partition coefficient (Wildman–Crippen LogP) is 3.35. The number of hydrogen-bond acceptors (Lipinski definition) is 6. The molecule has 0 spiro atoms. The maximum atomic E-state index is 12.3. The summed E-state index contributed by atoms with van der Waals surface area (Å²) in [5.41, 5.74) is 1.82. The zero-order valence-corrected chi connectivity index (χ0v) is 16.2. The molecule has 0 fully saturated rings. The number of rotatable bonds is 5. The largest absolute Gasteiger partial charge is 0.505 e. The molecule has 3 rings (SSSR count). The number of methoxy groups -OCH3 is 1. The Balaban J connectivity index is 1.98. The van der Waals surface area contributed by atoms with Crippen LogP contribution in [0.5, 0.6) is 11.5 Å². The molecule has 0 atom stereocenters. The van der Waals surface area contributed by atoms with Crippen molar-refractivity contribution in [2.24, 2.45) is 10.2 Å². The minimum absolute atomic E-state index is 0.0106. The number of hydrogen-bond donors (Lipinski definition) is 2. The number of nitrogens with one attached hydrogen (secondary N) is 1. The molecule has 0 unspecified atom stereocenters. The first-order valence-corrected chi connectivity index (χ1v) is 10.3. The lowest BCUT2D eigenvalue weighted by Crippen LogP contribution is -2.13. The third-order valence-corrected chi connectivity index (χ3v) is 4.76. The number of azo groups is 1. The van der Waals surface area contributed by atoms with E-state index in [0.717, 1.165) is 6.26 Å². The smallest absolute Gasteiger partial charge is 0.295 e. The fraction of sp³-hybridized carbons (Fsp3) is 0.211. The standard InChI is InChI=1S/C19H19N3O5S/c1-27-13-7-5-6-12(10-13)19(24)21-20-17-11-16(22-28(2,25)26)14-8-3-4-9-15(14)18(17)23/h3-7,10-11,22-23H,8-9H2,1-2H3. The van der Waals surface area contributed by atoms with Crippen LogP contribution in [0.1, 0.15) is 21.5 Å². The number of fused-ring (bicyclic) bond motifs is 1. The normalized spacial score (nSPS) is 13.4. The van der Waals surface area contributed by atoms with E-state index < -0.39 is 15.9 Å². The van der Waals surface area contributed by atoms with Crippen molar-refractivity contribution in [1.82, 2.24) is 0 Å². The third-order valence-electron chi connectivity index (χ3n) is 4.17. The molecule has 0 saturated heterocycles. The first-order chi connectivity index (χ1) is 13.3. The molecule has 2 N–H and O–H groups in total. The van der Waals surface area contributed by atoms with Crippen molar-refractivity contribution in [2.45, 2.75) is 12.8 Å². The third kappa shape index (κ3) is 4.37. The van der Waals surface area contributed by atoms with Crippen molar-refractivity contribution < 1.29 is 23.1 Å². The van der Waals surface area contributed by atoms with Gasteiger partial charge in [-0.25, -0.2) is 8.42 Å². The number of carbonyl (C=O) groups excluding carboxylic acids is 1. The molecule has 0 heterocycles. The summed E-state index contributed by atoms with van der Waals surface area (Å²) >= 11 is 0. The van der Waals surface area contributed by atoms with Crippen molar-refractivity contribution in [3.05, 3.63) is 59.2 Å². The number of carbonyl (C=O) groups is 1. The molecule has 8 nitrogen and oxygen atoms in total. The van der Waals surface area contributed by atoms with Crippen molar-refractivity contribution in [1.29, 1.82) is 0 Å². The number of nitrogens with zero attached hydrogens (tertiary/aromatic N) is 2. The van der Waals surface area contributed by atoms with Crippen LogP contribution in [0.2, 0.25) is 0 Å². The summed E-state index contributed by atoms with van der Waals surface area (Å²) in [4.78, 5) is 12.3. The second-order valence-electron chi connectivity index (χ2n) is 6.24. The van der Waals surface area contributed by atoms with Gasteiger partial charge in [-0.15, -0.1) is 10.2 Å². The summed E-state index contributed by atoms with van der Waals surface area (Å²) in [6.07, 6.45) is 5.70. The first kappa shape index (κ1) is 19.6. The van der Waals surface area contributed by atoms with Crippen molar-refractivity contribution in [3.8, 4) is 11.5 Å². The van der Waals surface area contributed by atoms with Gasteiger partial charge in [0.15, 0.2) is 0 Å². The van der Waals surface area contributed by atoms with E-state index in [9.17, 15) is 18.3 Å². The van der Waals surface area contributed by atoms with Crippen LogP contribution < -0.4 is 9.46 Å². The lowest BCUT2D eigenvalue weighted by molar-refractivity contribution is 0.0994. The van der Waals surface area contributed by atoms with Crippen molar-refractivity contribution in [3.63, 3.8) is 0 Å². The molecule has 1 aliphatic rings. The van der Waals surface area contributed by atoms with Gasteiger partial charge in [-0.05, 0) is 42.7 Å².